The Balaban J connectivity index is 1.58. The van der Waals surface area contributed by atoms with Crippen LogP contribution in [0.2, 0.25) is 5.02 Å². The van der Waals surface area contributed by atoms with E-state index < -0.39 is 5.54 Å². The fraction of sp³-hybridized carbons (Fsp3) is 0.231. The summed E-state index contributed by atoms with van der Waals surface area (Å²) < 4.78 is 7.20. The van der Waals surface area contributed by atoms with Crippen LogP contribution in [-0.4, -0.2) is 26.9 Å². The van der Waals surface area contributed by atoms with Crippen molar-refractivity contribution in [1.29, 1.82) is 0 Å². The van der Waals surface area contributed by atoms with Crippen molar-refractivity contribution >= 4 is 11.6 Å². The highest BCUT2D eigenvalue weighted by Crippen LogP contribution is 2.48. The molecule has 1 aliphatic rings. The van der Waals surface area contributed by atoms with E-state index in [9.17, 15) is 0 Å². The van der Waals surface area contributed by atoms with Gasteiger partial charge in [-0.3, -0.25) is 9.52 Å². The summed E-state index contributed by atoms with van der Waals surface area (Å²) in [5.74, 6) is 0.829. The third kappa shape index (κ3) is 4.50. The molecule has 3 aromatic carbocycles. The second-order valence-corrected chi connectivity index (χ2v) is 8.66. The first-order valence-electron chi connectivity index (χ1n) is 10.9. The number of benzene rings is 3. The molecule has 1 aliphatic heterocycles. The molecule has 2 unspecified atom stereocenters. The van der Waals surface area contributed by atoms with E-state index >= 15 is 0 Å². The van der Waals surface area contributed by atoms with Crippen LogP contribution in [0.25, 0.3) is 0 Å². The Kier molecular flexibility index (Phi) is 6.13. The Bertz CT molecular complexity index is 1170. The van der Waals surface area contributed by atoms with Crippen LogP contribution in [-0.2, 0) is 23.5 Å². The third-order valence-corrected chi connectivity index (χ3v) is 6.44. The third-order valence-electron chi connectivity index (χ3n) is 6.18. The molecule has 4 aromatic rings. The maximum Gasteiger partial charge on any atom is 0.137 e. The molecule has 0 aliphatic carbocycles. The molecule has 2 heterocycles. The molecule has 1 saturated heterocycles. The zero-order chi connectivity index (χ0) is 22.7. The molecule has 0 bridgehead atoms. The maximum absolute atomic E-state index is 6.66. The predicted molar refractivity (Wildman–Crippen MR) is 127 cm³/mol. The van der Waals surface area contributed by atoms with Crippen molar-refractivity contribution in [3.63, 3.8) is 0 Å². The summed E-state index contributed by atoms with van der Waals surface area (Å²) in [5.41, 5.74) is 2.92. The largest absolute Gasteiger partial charge is 0.497 e. The number of nitrogens with zero attached hydrogens (tertiary/aromatic N) is 4. The van der Waals surface area contributed by atoms with Gasteiger partial charge in [-0.05, 0) is 41.0 Å². The standard InChI is InChI=1S/C26H25ClN4O2/c1-32-24-13-7-20(8-14-24)16-31-26(17-30-19-28-18-29-30,22-9-11-23(27)12-10-22)15-25(33-31)21-5-3-2-4-6-21/h2-14,18-19,25H,15-17H2,1H3. The number of aromatic nitrogens is 3. The number of hydrogen-bond acceptors (Lipinski definition) is 5. The van der Waals surface area contributed by atoms with Gasteiger partial charge < -0.3 is 4.74 Å². The maximum atomic E-state index is 6.66. The van der Waals surface area contributed by atoms with Crippen molar-refractivity contribution in [2.75, 3.05) is 7.11 Å². The summed E-state index contributed by atoms with van der Waals surface area (Å²) in [6.45, 7) is 1.19. The molecule has 5 rings (SSSR count). The highest BCUT2D eigenvalue weighted by atomic mass is 35.5. The zero-order valence-corrected chi connectivity index (χ0v) is 19.1. The first-order chi connectivity index (χ1) is 16.2. The van der Waals surface area contributed by atoms with Crippen LogP contribution in [0.4, 0.5) is 0 Å². The molecule has 6 nitrogen and oxygen atoms in total. The van der Waals surface area contributed by atoms with Gasteiger partial charge in [-0.25, -0.2) is 4.98 Å². The Morgan fingerprint density at radius 1 is 1.03 bits per heavy atom. The van der Waals surface area contributed by atoms with E-state index in [2.05, 4.69) is 51.5 Å². The lowest BCUT2D eigenvalue weighted by Gasteiger charge is -2.37. The van der Waals surface area contributed by atoms with Crippen molar-refractivity contribution in [3.05, 3.63) is 113 Å². The molecular weight excluding hydrogens is 436 g/mol. The van der Waals surface area contributed by atoms with Crippen LogP contribution < -0.4 is 4.74 Å². The van der Waals surface area contributed by atoms with Gasteiger partial charge in [0.15, 0.2) is 0 Å². The average molecular weight is 461 g/mol. The number of hydrogen-bond donors (Lipinski definition) is 0. The quantitative estimate of drug-likeness (QED) is 0.369. The second kappa shape index (κ2) is 9.35. The minimum absolute atomic E-state index is 0.0938. The Labute approximate surface area is 198 Å². The van der Waals surface area contributed by atoms with Crippen LogP contribution >= 0.6 is 11.6 Å². The van der Waals surface area contributed by atoms with Crippen molar-refractivity contribution in [3.8, 4) is 5.75 Å². The van der Waals surface area contributed by atoms with Gasteiger partial charge in [-0.1, -0.05) is 66.2 Å². The lowest BCUT2D eigenvalue weighted by atomic mass is 9.83. The first kappa shape index (κ1) is 21.6. The van der Waals surface area contributed by atoms with Gasteiger partial charge in [0.2, 0.25) is 0 Å². The molecule has 0 saturated carbocycles. The summed E-state index contributed by atoms with van der Waals surface area (Å²) in [6, 6.07) is 26.5. The van der Waals surface area contributed by atoms with Crippen molar-refractivity contribution in [2.24, 2.45) is 0 Å². The normalized spacial score (nSPS) is 20.7. The van der Waals surface area contributed by atoms with Crippen molar-refractivity contribution in [1.82, 2.24) is 19.8 Å². The molecule has 33 heavy (non-hydrogen) atoms. The predicted octanol–water partition coefficient (Wildman–Crippen LogP) is 5.41. The smallest absolute Gasteiger partial charge is 0.137 e. The van der Waals surface area contributed by atoms with Crippen LogP contribution in [0.15, 0.2) is 91.5 Å². The molecule has 1 fully saturated rings. The van der Waals surface area contributed by atoms with Gasteiger partial charge in [-0.2, -0.15) is 10.2 Å². The molecular formula is C26H25ClN4O2. The molecule has 168 valence electrons. The fourth-order valence-electron chi connectivity index (χ4n) is 4.47. The molecule has 0 radical (unpaired) electrons. The van der Waals surface area contributed by atoms with Gasteiger partial charge in [-0.15, -0.1) is 0 Å². The SMILES string of the molecule is COc1ccc(CN2OC(c3ccccc3)CC2(Cn2cncn2)c2ccc(Cl)cc2)cc1. The summed E-state index contributed by atoms with van der Waals surface area (Å²) in [4.78, 5) is 10.8. The first-order valence-corrected chi connectivity index (χ1v) is 11.2. The van der Waals surface area contributed by atoms with E-state index in [0.717, 1.165) is 28.9 Å². The lowest BCUT2D eigenvalue weighted by Crippen LogP contribution is -2.43. The number of hydroxylamine groups is 2. The minimum atomic E-state index is -0.473. The van der Waals surface area contributed by atoms with E-state index in [-0.39, 0.29) is 6.10 Å². The molecule has 0 amide bonds. The Hall–Kier alpha value is -3.19. The van der Waals surface area contributed by atoms with E-state index in [1.165, 1.54) is 0 Å². The summed E-state index contributed by atoms with van der Waals surface area (Å²) in [7, 11) is 1.67. The number of ether oxygens (including phenoxy) is 1. The fourth-order valence-corrected chi connectivity index (χ4v) is 4.60. The molecule has 1 aromatic heterocycles. The van der Waals surface area contributed by atoms with Gasteiger partial charge in [0.1, 0.15) is 24.5 Å². The van der Waals surface area contributed by atoms with Gasteiger partial charge in [0, 0.05) is 11.4 Å². The average Bonchev–Trinajstić information content (AvgIpc) is 3.49. The van der Waals surface area contributed by atoms with E-state index in [1.807, 2.05) is 47.1 Å². The Morgan fingerprint density at radius 2 is 1.79 bits per heavy atom. The van der Waals surface area contributed by atoms with Crippen LogP contribution in [0.1, 0.15) is 29.2 Å². The van der Waals surface area contributed by atoms with Crippen molar-refractivity contribution in [2.45, 2.75) is 31.2 Å². The number of methoxy groups -OCH3 is 1. The van der Waals surface area contributed by atoms with Crippen molar-refractivity contribution < 1.29 is 9.57 Å². The summed E-state index contributed by atoms with van der Waals surface area (Å²) in [6.07, 6.45) is 3.98. The molecule has 7 heteroatoms. The van der Waals surface area contributed by atoms with Gasteiger partial charge >= 0.3 is 0 Å². The highest BCUT2D eigenvalue weighted by Gasteiger charge is 2.49. The number of halogens is 1. The highest BCUT2D eigenvalue weighted by molar-refractivity contribution is 6.30. The van der Waals surface area contributed by atoms with Gasteiger partial charge in [0.25, 0.3) is 0 Å². The molecule has 2 atom stereocenters. The van der Waals surface area contributed by atoms with E-state index in [0.29, 0.717) is 18.1 Å². The van der Waals surface area contributed by atoms with Crippen LogP contribution in [0.3, 0.4) is 0 Å². The van der Waals surface area contributed by atoms with E-state index in [1.54, 1.807) is 19.8 Å². The topological polar surface area (TPSA) is 52.4 Å². The molecule has 0 spiro atoms. The second-order valence-electron chi connectivity index (χ2n) is 8.23. The molecule has 0 N–H and O–H groups in total. The van der Waals surface area contributed by atoms with Crippen LogP contribution in [0, 0.1) is 0 Å². The Morgan fingerprint density at radius 3 is 2.45 bits per heavy atom. The summed E-state index contributed by atoms with van der Waals surface area (Å²) >= 11 is 6.24. The lowest BCUT2D eigenvalue weighted by molar-refractivity contribution is -0.203. The minimum Gasteiger partial charge on any atom is -0.497 e. The van der Waals surface area contributed by atoms with Gasteiger partial charge in [0.05, 0.1) is 25.7 Å². The van der Waals surface area contributed by atoms with E-state index in [4.69, 9.17) is 21.2 Å². The van der Waals surface area contributed by atoms with Crippen LogP contribution in [0.5, 0.6) is 5.75 Å². The number of rotatable bonds is 7. The monoisotopic (exact) mass is 460 g/mol. The zero-order valence-electron chi connectivity index (χ0n) is 18.3. The summed E-state index contributed by atoms with van der Waals surface area (Å²) in [5, 5.41) is 7.21.